The number of anilines is 1. The van der Waals surface area contributed by atoms with Crippen LogP contribution in [0.15, 0.2) is 60.9 Å². The lowest BCUT2D eigenvalue weighted by molar-refractivity contribution is -0.274. The van der Waals surface area contributed by atoms with Gasteiger partial charge in [0, 0.05) is 30.4 Å². The molecule has 8 nitrogen and oxygen atoms in total. The minimum absolute atomic E-state index is 0.111. The monoisotopic (exact) mass is 526 g/mol. The van der Waals surface area contributed by atoms with Crippen molar-refractivity contribution >= 4 is 17.4 Å². The zero-order valence-corrected chi connectivity index (χ0v) is 20.3. The number of nitrogens with zero attached hydrogens (tertiary/aromatic N) is 3. The third-order valence-corrected chi connectivity index (χ3v) is 6.65. The molecule has 1 aliphatic heterocycles. The first kappa shape index (κ1) is 25.8. The smallest absolute Gasteiger partial charge is 0.404 e. The van der Waals surface area contributed by atoms with E-state index < -0.39 is 29.3 Å². The fourth-order valence-electron chi connectivity index (χ4n) is 4.52. The maximum atomic E-state index is 13.2. The maximum absolute atomic E-state index is 13.2. The van der Waals surface area contributed by atoms with Crippen LogP contribution < -0.4 is 10.1 Å². The lowest BCUT2D eigenvalue weighted by Gasteiger charge is -2.34. The number of alkyl halides is 3. The number of hydrogen-bond donors (Lipinski definition) is 1. The number of morpholine rings is 1. The van der Waals surface area contributed by atoms with Gasteiger partial charge in [-0.2, -0.15) is 0 Å². The molecule has 0 unspecified atom stereocenters. The van der Waals surface area contributed by atoms with Crippen molar-refractivity contribution in [2.75, 3.05) is 31.6 Å². The zero-order valence-electron chi connectivity index (χ0n) is 20.3. The van der Waals surface area contributed by atoms with E-state index in [0.29, 0.717) is 50.5 Å². The summed E-state index contributed by atoms with van der Waals surface area (Å²) in [6, 6.07) is 12.9. The number of ether oxygens (including phenoxy) is 2. The first-order valence-corrected chi connectivity index (χ1v) is 12.2. The molecule has 1 amide bonds. The summed E-state index contributed by atoms with van der Waals surface area (Å²) in [6.07, 6.45) is -0.863. The van der Waals surface area contributed by atoms with Gasteiger partial charge in [0.25, 0.3) is 0 Å². The van der Waals surface area contributed by atoms with Crippen LogP contribution in [0.3, 0.4) is 0 Å². The van der Waals surface area contributed by atoms with Gasteiger partial charge in [0.15, 0.2) is 11.5 Å². The Bertz CT molecular complexity index is 1310. The minimum Gasteiger partial charge on any atom is -0.404 e. The maximum Gasteiger partial charge on any atom is 0.573 e. The molecule has 2 aliphatic rings. The number of aromatic nitrogens is 2. The largest absolute Gasteiger partial charge is 0.573 e. The van der Waals surface area contributed by atoms with Crippen molar-refractivity contribution in [3.05, 3.63) is 72.2 Å². The molecule has 1 saturated carbocycles. The SMILES string of the molecule is O=C(Cc1cnc(-c2ccccc2)cn1)c1ccc(OC(F)(F)F)c(NC(=O)C2(N3CCOCC3)CC2)c1. The van der Waals surface area contributed by atoms with Crippen LogP contribution in [0.5, 0.6) is 5.75 Å². The number of hydrogen-bond acceptors (Lipinski definition) is 7. The Balaban J connectivity index is 1.34. The van der Waals surface area contributed by atoms with Crippen molar-refractivity contribution in [2.24, 2.45) is 0 Å². The van der Waals surface area contributed by atoms with E-state index in [1.54, 1.807) is 6.20 Å². The zero-order chi connectivity index (χ0) is 26.8. The number of ketones is 1. The van der Waals surface area contributed by atoms with Crippen LogP contribution in [-0.2, 0) is 16.0 Å². The molecular weight excluding hydrogens is 501 g/mol. The van der Waals surface area contributed by atoms with E-state index >= 15 is 0 Å². The van der Waals surface area contributed by atoms with Gasteiger partial charge in [0.2, 0.25) is 5.91 Å². The molecule has 38 heavy (non-hydrogen) atoms. The van der Waals surface area contributed by atoms with Gasteiger partial charge in [0.05, 0.1) is 42.9 Å². The summed E-state index contributed by atoms with van der Waals surface area (Å²) in [5.74, 6) is -1.42. The average molecular weight is 527 g/mol. The molecule has 1 saturated heterocycles. The number of benzene rings is 2. The lowest BCUT2D eigenvalue weighted by Crippen LogP contribution is -2.51. The molecule has 2 aromatic carbocycles. The third-order valence-electron chi connectivity index (χ3n) is 6.65. The molecule has 5 rings (SSSR count). The average Bonchev–Trinajstić information content (AvgIpc) is 3.73. The topological polar surface area (TPSA) is 93.7 Å². The van der Waals surface area contributed by atoms with Crippen LogP contribution in [0, 0.1) is 0 Å². The molecule has 0 radical (unpaired) electrons. The number of carbonyl (C=O) groups is 2. The Labute approximate surface area is 216 Å². The summed E-state index contributed by atoms with van der Waals surface area (Å²) in [7, 11) is 0. The van der Waals surface area contributed by atoms with Gasteiger partial charge in [-0.3, -0.25) is 24.5 Å². The molecule has 11 heteroatoms. The molecule has 1 aliphatic carbocycles. The van der Waals surface area contributed by atoms with Crippen LogP contribution in [0.25, 0.3) is 11.3 Å². The van der Waals surface area contributed by atoms with Crippen molar-refractivity contribution < 1.29 is 32.2 Å². The van der Waals surface area contributed by atoms with E-state index in [4.69, 9.17) is 4.74 Å². The number of carbonyl (C=O) groups excluding carboxylic acids is 2. The number of amides is 1. The van der Waals surface area contributed by atoms with Crippen LogP contribution in [0.2, 0.25) is 0 Å². The van der Waals surface area contributed by atoms with E-state index in [0.717, 1.165) is 11.6 Å². The van der Waals surface area contributed by atoms with E-state index in [2.05, 4.69) is 20.0 Å². The second-order valence-electron chi connectivity index (χ2n) is 9.20. The van der Waals surface area contributed by atoms with E-state index in [-0.39, 0.29) is 17.7 Å². The molecular formula is C27H25F3N4O4. The Morgan fingerprint density at radius 1 is 1.03 bits per heavy atom. The molecule has 198 valence electrons. The summed E-state index contributed by atoms with van der Waals surface area (Å²) in [4.78, 5) is 36.8. The van der Waals surface area contributed by atoms with Gasteiger partial charge < -0.3 is 14.8 Å². The van der Waals surface area contributed by atoms with E-state index in [9.17, 15) is 22.8 Å². The van der Waals surface area contributed by atoms with Gasteiger partial charge in [-0.25, -0.2) is 0 Å². The second kappa shape index (κ2) is 10.5. The first-order chi connectivity index (χ1) is 18.2. The summed E-state index contributed by atoms with van der Waals surface area (Å²) < 4.78 is 48.7. The Morgan fingerprint density at radius 2 is 1.76 bits per heavy atom. The van der Waals surface area contributed by atoms with E-state index in [1.807, 2.05) is 35.2 Å². The highest BCUT2D eigenvalue weighted by atomic mass is 19.4. The Hall–Kier alpha value is -3.83. The first-order valence-electron chi connectivity index (χ1n) is 12.2. The fourth-order valence-corrected chi connectivity index (χ4v) is 4.52. The highest BCUT2D eigenvalue weighted by Gasteiger charge is 2.54. The Morgan fingerprint density at radius 3 is 2.39 bits per heavy atom. The standard InChI is InChI=1S/C27H25F3N4O4/c28-27(29,30)38-24-7-6-19(14-21(24)33-25(36)26(8-9-26)34-10-12-37-13-11-34)23(35)15-20-16-32-22(17-31-20)18-4-2-1-3-5-18/h1-7,14,16-17H,8-13,15H2,(H,33,36). The lowest BCUT2D eigenvalue weighted by atomic mass is 10.0. The van der Waals surface area contributed by atoms with E-state index in [1.165, 1.54) is 18.3 Å². The number of halogens is 3. The fraction of sp³-hybridized carbons (Fsp3) is 0.333. The van der Waals surface area contributed by atoms with Crippen molar-refractivity contribution in [1.82, 2.24) is 14.9 Å². The second-order valence-corrected chi connectivity index (χ2v) is 9.20. The highest BCUT2D eigenvalue weighted by Crippen LogP contribution is 2.44. The van der Waals surface area contributed by atoms with Crippen molar-refractivity contribution in [3.8, 4) is 17.0 Å². The van der Waals surface area contributed by atoms with Crippen molar-refractivity contribution in [3.63, 3.8) is 0 Å². The van der Waals surface area contributed by atoms with Gasteiger partial charge in [-0.1, -0.05) is 30.3 Å². The third kappa shape index (κ3) is 5.84. The normalized spacial score (nSPS) is 17.0. The van der Waals surface area contributed by atoms with Gasteiger partial charge in [0.1, 0.15) is 5.54 Å². The molecule has 0 bridgehead atoms. The molecule has 1 aromatic heterocycles. The number of nitrogens with one attached hydrogen (secondary N) is 1. The number of Topliss-reactive ketones (excluding diaryl/α,β-unsaturated/α-hetero) is 1. The predicted molar refractivity (Wildman–Crippen MR) is 132 cm³/mol. The quantitative estimate of drug-likeness (QED) is 0.438. The van der Waals surface area contributed by atoms with Gasteiger partial charge in [-0.05, 0) is 31.0 Å². The molecule has 0 spiro atoms. The van der Waals surface area contributed by atoms with Gasteiger partial charge in [-0.15, -0.1) is 13.2 Å². The highest BCUT2D eigenvalue weighted by molar-refractivity contribution is 6.03. The van der Waals surface area contributed by atoms with Gasteiger partial charge >= 0.3 is 6.36 Å². The minimum atomic E-state index is -4.97. The van der Waals surface area contributed by atoms with Crippen LogP contribution in [0.4, 0.5) is 18.9 Å². The van der Waals surface area contributed by atoms with Crippen LogP contribution >= 0.6 is 0 Å². The summed E-state index contributed by atoms with van der Waals surface area (Å²) in [5, 5.41) is 2.59. The summed E-state index contributed by atoms with van der Waals surface area (Å²) in [5.41, 5.74) is 1.03. The predicted octanol–water partition coefficient (Wildman–Crippen LogP) is 4.27. The molecule has 3 aromatic rings. The van der Waals surface area contributed by atoms with Crippen LogP contribution in [0.1, 0.15) is 28.9 Å². The van der Waals surface area contributed by atoms with Crippen LogP contribution in [-0.4, -0.2) is 64.8 Å². The Kier molecular flexibility index (Phi) is 7.13. The summed E-state index contributed by atoms with van der Waals surface area (Å²) in [6.45, 7) is 2.08. The molecule has 0 atom stereocenters. The summed E-state index contributed by atoms with van der Waals surface area (Å²) >= 11 is 0. The molecule has 2 heterocycles. The van der Waals surface area contributed by atoms with Crippen molar-refractivity contribution in [1.29, 1.82) is 0 Å². The van der Waals surface area contributed by atoms with Crippen molar-refractivity contribution in [2.45, 2.75) is 31.2 Å². The molecule has 2 fully saturated rings. The number of rotatable bonds is 8. The molecule has 1 N–H and O–H groups in total.